The summed E-state index contributed by atoms with van der Waals surface area (Å²) in [7, 11) is 0. The van der Waals surface area contributed by atoms with E-state index in [0.717, 1.165) is 31.7 Å². The van der Waals surface area contributed by atoms with Crippen molar-refractivity contribution < 1.29 is 9.18 Å². The summed E-state index contributed by atoms with van der Waals surface area (Å²) < 4.78 is 13.0. The molecule has 1 aromatic rings. The van der Waals surface area contributed by atoms with Gasteiger partial charge in [0.15, 0.2) is 0 Å². The summed E-state index contributed by atoms with van der Waals surface area (Å²) in [6.07, 6.45) is 0. The molecule has 0 aromatic heterocycles. The Bertz CT molecular complexity index is 428. The Morgan fingerprint density at radius 2 is 1.89 bits per heavy atom. The van der Waals surface area contributed by atoms with Gasteiger partial charge in [-0.05, 0) is 24.6 Å². The minimum Gasteiger partial charge on any atom is -0.368 e. The molecule has 1 aliphatic rings. The summed E-state index contributed by atoms with van der Waals surface area (Å²) in [4.78, 5) is 13.9. The van der Waals surface area contributed by atoms with Crippen molar-refractivity contribution in [2.75, 3.05) is 26.2 Å². The molecule has 3 N–H and O–H groups in total. The van der Waals surface area contributed by atoms with E-state index in [1.807, 2.05) is 4.90 Å². The van der Waals surface area contributed by atoms with Crippen LogP contribution in [0.5, 0.6) is 0 Å². The molecule has 0 aliphatic carbocycles. The van der Waals surface area contributed by atoms with E-state index in [4.69, 9.17) is 5.73 Å². The van der Waals surface area contributed by atoms with E-state index in [-0.39, 0.29) is 5.82 Å². The van der Waals surface area contributed by atoms with Gasteiger partial charge in [0, 0.05) is 26.2 Å². The lowest BCUT2D eigenvalue weighted by Crippen LogP contribution is -2.58. The van der Waals surface area contributed by atoms with Crippen LogP contribution in [0.15, 0.2) is 24.3 Å². The number of carbonyl (C=O) groups excluding carboxylic acids is 1. The van der Waals surface area contributed by atoms with Crippen molar-refractivity contribution in [3.8, 4) is 0 Å². The molecule has 2 rings (SSSR count). The van der Waals surface area contributed by atoms with Gasteiger partial charge < -0.3 is 11.1 Å². The van der Waals surface area contributed by atoms with Crippen LogP contribution in [-0.2, 0) is 10.3 Å². The predicted molar refractivity (Wildman–Crippen MR) is 67.4 cm³/mol. The highest BCUT2D eigenvalue weighted by atomic mass is 19.1. The quantitative estimate of drug-likeness (QED) is 0.819. The number of nitrogens with one attached hydrogen (secondary N) is 1. The number of nitrogens with two attached hydrogens (primary N) is 1. The minimum atomic E-state index is -0.879. The number of primary amides is 1. The summed E-state index contributed by atoms with van der Waals surface area (Å²) in [5.74, 6) is -0.720. The Morgan fingerprint density at radius 3 is 2.39 bits per heavy atom. The summed E-state index contributed by atoms with van der Waals surface area (Å²) in [6, 6.07) is 5.97. The molecule has 1 fully saturated rings. The fourth-order valence-corrected chi connectivity index (χ4v) is 2.37. The van der Waals surface area contributed by atoms with Gasteiger partial charge in [0.25, 0.3) is 0 Å². The third kappa shape index (κ3) is 2.23. The normalized spacial score (nSPS) is 20.3. The summed E-state index contributed by atoms with van der Waals surface area (Å²) in [5, 5.41) is 3.23. The number of nitrogens with zero attached hydrogens (tertiary/aromatic N) is 1. The van der Waals surface area contributed by atoms with Crippen molar-refractivity contribution in [3.63, 3.8) is 0 Å². The van der Waals surface area contributed by atoms with Crippen LogP contribution in [-0.4, -0.2) is 37.0 Å². The number of piperazine rings is 1. The van der Waals surface area contributed by atoms with Gasteiger partial charge in [-0.3, -0.25) is 9.69 Å². The van der Waals surface area contributed by atoms with E-state index in [2.05, 4.69) is 5.32 Å². The zero-order chi connectivity index (χ0) is 13.2. The molecule has 18 heavy (non-hydrogen) atoms. The molecule has 0 bridgehead atoms. The SMILES string of the molecule is CC(C(N)=O)(c1ccc(F)cc1)N1CCNCC1. The Labute approximate surface area is 106 Å². The van der Waals surface area contributed by atoms with Crippen LogP contribution in [0.1, 0.15) is 12.5 Å². The van der Waals surface area contributed by atoms with Crippen molar-refractivity contribution >= 4 is 5.91 Å². The number of hydrogen-bond acceptors (Lipinski definition) is 3. The monoisotopic (exact) mass is 251 g/mol. The first-order chi connectivity index (χ1) is 8.55. The Balaban J connectivity index is 2.36. The lowest BCUT2D eigenvalue weighted by molar-refractivity contribution is -0.130. The minimum absolute atomic E-state index is 0.314. The van der Waals surface area contributed by atoms with Gasteiger partial charge in [0.05, 0.1) is 0 Å². The molecule has 1 unspecified atom stereocenters. The number of halogens is 1. The highest BCUT2D eigenvalue weighted by molar-refractivity contribution is 5.85. The highest BCUT2D eigenvalue weighted by Crippen LogP contribution is 2.28. The topological polar surface area (TPSA) is 58.4 Å². The number of hydrogen-bond donors (Lipinski definition) is 2. The van der Waals surface area contributed by atoms with Crippen LogP contribution in [0.25, 0.3) is 0 Å². The van der Waals surface area contributed by atoms with Gasteiger partial charge in [-0.2, -0.15) is 0 Å². The first-order valence-corrected chi connectivity index (χ1v) is 6.07. The number of carbonyl (C=O) groups is 1. The van der Waals surface area contributed by atoms with Gasteiger partial charge in [-0.15, -0.1) is 0 Å². The lowest BCUT2D eigenvalue weighted by atomic mass is 9.88. The first kappa shape index (κ1) is 13.0. The maximum Gasteiger partial charge on any atom is 0.242 e. The van der Waals surface area contributed by atoms with Crippen LogP contribution < -0.4 is 11.1 Å². The lowest BCUT2D eigenvalue weighted by Gasteiger charge is -2.41. The molecular weight excluding hydrogens is 233 g/mol. The van der Waals surface area contributed by atoms with Crippen molar-refractivity contribution in [1.29, 1.82) is 0 Å². The molecule has 5 heteroatoms. The average molecular weight is 251 g/mol. The Morgan fingerprint density at radius 1 is 1.33 bits per heavy atom. The van der Waals surface area contributed by atoms with Gasteiger partial charge in [-0.1, -0.05) is 12.1 Å². The van der Waals surface area contributed by atoms with E-state index >= 15 is 0 Å². The molecule has 1 aliphatic heterocycles. The predicted octanol–water partition coefficient (Wildman–Crippen LogP) is 0.431. The third-order valence-electron chi connectivity index (χ3n) is 3.64. The van der Waals surface area contributed by atoms with E-state index in [0.29, 0.717) is 0 Å². The second-order valence-electron chi connectivity index (χ2n) is 4.68. The average Bonchev–Trinajstić information content (AvgIpc) is 2.39. The van der Waals surface area contributed by atoms with Crippen LogP contribution >= 0.6 is 0 Å². The van der Waals surface area contributed by atoms with E-state index < -0.39 is 11.4 Å². The smallest absolute Gasteiger partial charge is 0.242 e. The van der Waals surface area contributed by atoms with E-state index in [1.54, 1.807) is 19.1 Å². The second kappa shape index (κ2) is 5.04. The van der Waals surface area contributed by atoms with Crippen molar-refractivity contribution in [1.82, 2.24) is 10.2 Å². The molecule has 1 aromatic carbocycles. The van der Waals surface area contributed by atoms with E-state index in [9.17, 15) is 9.18 Å². The third-order valence-corrected chi connectivity index (χ3v) is 3.64. The van der Waals surface area contributed by atoms with Crippen molar-refractivity contribution in [3.05, 3.63) is 35.6 Å². The molecule has 4 nitrogen and oxygen atoms in total. The summed E-state index contributed by atoms with van der Waals surface area (Å²) >= 11 is 0. The van der Waals surface area contributed by atoms with Gasteiger partial charge >= 0.3 is 0 Å². The molecule has 1 heterocycles. The van der Waals surface area contributed by atoms with Gasteiger partial charge in [0.2, 0.25) is 5.91 Å². The molecule has 1 amide bonds. The van der Waals surface area contributed by atoms with Gasteiger partial charge in [0.1, 0.15) is 11.4 Å². The zero-order valence-corrected chi connectivity index (χ0v) is 10.4. The van der Waals surface area contributed by atoms with Crippen LogP contribution in [0.2, 0.25) is 0 Å². The van der Waals surface area contributed by atoms with Crippen LogP contribution in [0, 0.1) is 5.82 Å². The maximum atomic E-state index is 13.0. The van der Waals surface area contributed by atoms with E-state index in [1.165, 1.54) is 12.1 Å². The Hall–Kier alpha value is -1.46. The summed E-state index contributed by atoms with van der Waals surface area (Å²) in [5.41, 5.74) is 5.43. The first-order valence-electron chi connectivity index (χ1n) is 6.07. The van der Waals surface area contributed by atoms with Crippen LogP contribution in [0.3, 0.4) is 0 Å². The van der Waals surface area contributed by atoms with Crippen molar-refractivity contribution in [2.45, 2.75) is 12.5 Å². The largest absolute Gasteiger partial charge is 0.368 e. The fraction of sp³-hybridized carbons (Fsp3) is 0.462. The number of amides is 1. The fourth-order valence-electron chi connectivity index (χ4n) is 2.37. The molecule has 1 atom stereocenters. The number of benzene rings is 1. The molecule has 98 valence electrons. The van der Waals surface area contributed by atoms with Crippen molar-refractivity contribution in [2.24, 2.45) is 5.73 Å². The zero-order valence-electron chi connectivity index (χ0n) is 10.4. The molecule has 0 spiro atoms. The van der Waals surface area contributed by atoms with Gasteiger partial charge in [-0.25, -0.2) is 4.39 Å². The molecular formula is C13H18FN3O. The summed E-state index contributed by atoms with van der Waals surface area (Å²) in [6.45, 7) is 4.94. The molecule has 0 radical (unpaired) electrons. The second-order valence-corrected chi connectivity index (χ2v) is 4.68. The van der Waals surface area contributed by atoms with Crippen LogP contribution in [0.4, 0.5) is 4.39 Å². The molecule has 0 saturated carbocycles. The molecule has 1 saturated heterocycles. The highest BCUT2D eigenvalue weighted by Gasteiger charge is 2.39. The Kier molecular flexibility index (Phi) is 3.63. The number of rotatable bonds is 3. The maximum absolute atomic E-state index is 13.0. The standard InChI is InChI=1S/C13H18FN3O/c1-13(12(15)18,17-8-6-16-7-9-17)10-2-4-11(14)5-3-10/h2-5,16H,6-9H2,1H3,(H2,15,18).